The third kappa shape index (κ3) is 2.37. The Labute approximate surface area is 108 Å². The maximum Gasteiger partial charge on any atom is 0.137 e. The van der Waals surface area contributed by atoms with E-state index in [4.69, 9.17) is 5.73 Å². The number of nitrogens with zero attached hydrogens (tertiary/aromatic N) is 1. The molecule has 0 saturated heterocycles. The van der Waals surface area contributed by atoms with Gasteiger partial charge in [0.05, 0.1) is 10.5 Å². The van der Waals surface area contributed by atoms with E-state index >= 15 is 0 Å². The van der Waals surface area contributed by atoms with Crippen LogP contribution in [0.5, 0.6) is 0 Å². The maximum atomic E-state index is 13.4. The molecule has 0 fully saturated rings. The molecule has 0 saturated carbocycles. The molecule has 2 aromatic rings. The average molecular weight is 295 g/mol. The van der Waals surface area contributed by atoms with E-state index in [1.54, 1.807) is 18.5 Å². The van der Waals surface area contributed by atoms with E-state index in [1.165, 1.54) is 6.07 Å². The minimum Gasteiger partial charge on any atom is -0.320 e. The molecule has 1 aromatic heterocycles. The Kier molecular flexibility index (Phi) is 3.54. The molecule has 1 atom stereocenters. The highest BCUT2D eigenvalue weighted by Gasteiger charge is 2.16. The number of pyridine rings is 1. The van der Waals surface area contributed by atoms with Crippen molar-refractivity contribution in [2.45, 2.75) is 13.0 Å². The van der Waals surface area contributed by atoms with Crippen molar-refractivity contribution in [3.63, 3.8) is 0 Å². The SMILES string of the molecule is Cc1ccncc1C(N)c1cccc(F)c1Br. The zero-order valence-corrected chi connectivity index (χ0v) is 10.9. The van der Waals surface area contributed by atoms with Crippen LogP contribution in [-0.4, -0.2) is 4.98 Å². The predicted octanol–water partition coefficient (Wildman–Crippen LogP) is 3.34. The van der Waals surface area contributed by atoms with Crippen molar-refractivity contribution < 1.29 is 4.39 Å². The highest BCUT2D eigenvalue weighted by molar-refractivity contribution is 9.10. The van der Waals surface area contributed by atoms with Crippen molar-refractivity contribution in [3.05, 3.63) is 63.6 Å². The predicted molar refractivity (Wildman–Crippen MR) is 69.1 cm³/mol. The van der Waals surface area contributed by atoms with Gasteiger partial charge in [0, 0.05) is 12.4 Å². The molecule has 2 nitrogen and oxygen atoms in total. The van der Waals surface area contributed by atoms with Gasteiger partial charge in [-0.15, -0.1) is 0 Å². The fourth-order valence-corrected chi connectivity index (χ4v) is 2.24. The van der Waals surface area contributed by atoms with Crippen LogP contribution in [0.2, 0.25) is 0 Å². The molecular weight excluding hydrogens is 283 g/mol. The number of hydrogen-bond donors (Lipinski definition) is 1. The third-order valence-corrected chi connectivity index (χ3v) is 3.57. The smallest absolute Gasteiger partial charge is 0.137 e. The molecule has 0 bridgehead atoms. The second-order valence-electron chi connectivity index (χ2n) is 3.85. The molecule has 0 amide bonds. The van der Waals surface area contributed by atoms with Crippen LogP contribution in [0.25, 0.3) is 0 Å². The van der Waals surface area contributed by atoms with Crippen molar-refractivity contribution in [1.82, 2.24) is 4.98 Å². The van der Waals surface area contributed by atoms with Gasteiger partial charge in [-0.05, 0) is 51.7 Å². The Bertz CT molecular complexity index is 543. The van der Waals surface area contributed by atoms with Gasteiger partial charge >= 0.3 is 0 Å². The molecule has 0 spiro atoms. The van der Waals surface area contributed by atoms with Crippen molar-refractivity contribution in [3.8, 4) is 0 Å². The molecule has 0 aliphatic rings. The van der Waals surface area contributed by atoms with Gasteiger partial charge in [0.1, 0.15) is 5.82 Å². The van der Waals surface area contributed by atoms with E-state index in [1.807, 2.05) is 19.1 Å². The summed E-state index contributed by atoms with van der Waals surface area (Å²) in [7, 11) is 0. The van der Waals surface area contributed by atoms with Crippen molar-refractivity contribution in [2.24, 2.45) is 5.73 Å². The lowest BCUT2D eigenvalue weighted by Crippen LogP contribution is -2.14. The summed E-state index contributed by atoms with van der Waals surface area (Å²) in [6, 6.07) is 6.37. The van der Waals surface area contributed by atoms with Gasteiger partial charge in [-0.1, -0.05) is 12.1 Å². The Balaban J connectivity index is 2.48. The summed E-state index contributed by atoms with van der Waals surface area (Å²) in [5, 5.41) is 0. The lowest BCUT2D eigenvalue weighted by Gasteiger charge is -2.16. The first-order chi connectivity index (χ1) is 8.11. The van der Waals surface area contributed by atoms with Crippen LogP contribution < -0.4 is 5.73 Å². The van der Waals surface area contributed by atoms with Crippen LogP contribution >= 0.6 is 15.9 Å². The number of hydrogen-bond acceptors (Lipinski definition) is 2. The summed E-state index contributed by atoms with van der Waals surface area (Å²) >= 11 is 3.23. The summed E-state index contributed by atoms with van der Waals surface area (Å²) in [6.07, 6.45) is 3.43. The Hall–Kier alpha value is -1.26. The summed E-state index contributed by atoms with van der Waals surface area (Å²) < 4.78 is 13.9. The zero-order valence-electron chi connectivity index (χ0n) is 9.32. The van der Waals surface area contributed by atoms with E-state index in [0.717, 1.165) is 16.7 Å². The zero-order chi connectivity index (χ0) is 12.4. The summed E-state index contributed by atoms with van der Waals surface area (Å²) in [5.41, 5.74) is 8.82. The number of benzene rings is 1. The molecule has 1 aromatic carbocycles. The first-order valence-electron chi connectivity index (χ1n) is 5.21. The van der Waals surface area contributed by atoms with E-state index in [0.29, 0.717) is 4.47 Å². The number of nitrogens with two attached hydrogens (primary N) is 1. The average Bonchev–Trinajstić information content (AvgIpc) is 2.32. The molecular formula is C13H12BrFN2. The minimum absolute atomic E-state index is 0.306. The van der Waals surface area contributed by atoms with Crippen molar-refractivity contribution >= 4 is 15.9 Å². The topological polar surface area (TPSA) is 38.9 Å². The summed E-state index contributed by atoms with van der Waals surface area (Å²) in [4.78, 5) is 4.06. The quantitative estimate of drug-likeness (QED) is 0.923. The summed E-state index contributed by atoms with van der Waals surface area (Å²) in [6.45, 7) is 1.96. The fourth-order valence-electron chi connectivity index (χ4n) is 1.73. The number of aromatic nitrogens is 1. The van der Waals surface area contributed by atoms with E-state index in [9.17, 15) is 4.39 Å². The standard InChI is InChI=1S/C13H12BrFN2/c1-8-5-6-17-7-10(8)13(16)9-3-2-4-11(15)12(9)14/h2-7,13H,16H2,1H3. The monoisotopic (exact) mass is 294 g/mol. The Morgan fingerprint density at radius 2 is 2.06 bits per heavy atom. The first kappa shape index (κ1) is 12.2. The van der Waals surface area contributed by atoms with Gasteiger partial charge in [0.2, 0.25) is 0 Å². The van der Waals surface area contributed by atoms with Gasteiger partial charge < -0.3 is 5.73 Å². The molecule has 2 N–H and O–H groups in total. The molecule has 1 heterocycles. The molecule has 0 radical (unpaired) electrons. The highest BCUT2D eigenvalue weighted by Crippen LogP contribution is 2.29. The molecule has 4 heteroatoms. The largest absolute Gasteiger partial charge is 0.320 e. The Morgan fingerprint density at radius 1 is 1.29 bits per heavy atom. The lowest BCUT2D eigenvalue weighted by atomic mass is 9.98. The fraction of sp³-hybridized carbons (Fsp3) is 0.154. The third-order valence-electron chi connectivity index (χ3n) is 2.73. The van der Waals surface area contributed by atoms with Gasteiger partial charge in [-0.25, -0.2) is 4.39 Å². The molecule has 0 aliphatic carbocycles. The number of aryl methyl sites for hydroxylation is 1. The molecule has 1 unspecified atom stereocenters. The lowest BCUT2D eigenvalue weighted by molar-refractivity contribution is 0.615. The van der Waals surface area contributed by atoms with Crippen molar-refractivity contribution in [1.29, 1.82) is 0 Å². The van der Waals surface area contributed by atoms with Crippen LogP contribution in [0.1, 0.15) is 22.7 Å². The van der Waals surface area contributed by atoms with Gasteiger partial charge in [-0.2, -0.15) is 0 Å². The van der Waals surface area contributed by atoms with Crippen molar-refractivity contribution in [2.75, 3.05) is 0 Å². The number of halogens is 2. The van der Waals surface area contributed by atoms with E-state index < -0.39 is 0 Å². The first-order valence-corrected chi connectivity index (χ1v) is 6.00. The molecule has 2 rings (SSSR count). The second kappa shape index (κ2) is 4.94. The molecule has 0 aliphatic heterocycles. The van der Waals surface area contributed by atoms with Crippen LogP contribution in [-0.2, 0) is 0 Å². The maximum absolute atomic E-state index is 13.4. The van der Waals surface area contributed by atoms with E-state index in [-0.39, 0.29) is 11.9 Å². The second-order valence-corrected chi connectivity index (χ2v) is 4.65. The molecule has 88 valence electrons. The van der Waals surface area contributed by atoms with E-state index in [2.05, 4.69) is 20.9 Å². The Morgan fingerprint density at radius 3 is 2.76 bits per heavy atom. The van der Waals surface area contributed by atoms with Gasteiger partial charge in [-0.3, -0.25) is 4.98 Å². The van der Waals surface area contributed by atoms with Gasteiger partial charge in [0.15, 0.2) is 0 Å². The van der Waals surface area contributed by atoms with Crippen LogP contribution in [0.15, 0.2) is 41.1 Å². The molecule has 17 heavy (non-hydrogen) atoms. The minimum atomic E-state index is -0.381. The highest BCUT2D eigenvalue weighted by atomic mass is 79.9. The number of rotatable bonds is 2. The van der Waals surface area contributed by atoms with Crippen LogP contribution in [0.3, 0.4) is 0 Å². The van der Waals surface area contributed by atoms with Crippen LogP contribution in [0.4, 0.5) is 4.39 Å². The normalized spacial score (nSPS) is 12.5. The van der Waals surface area contributed by atoms with Gasteiger partial charge in [0.25, 0.3) is 0 Å². The van der Waals surface area contributed by atoms with Crippen LogP contribution in [0, 0.1) is 12.7 Å². The summed E-state index contributed by atoms with van der Waals surface area (Å²) in [5.74, 6) is -0.306.